The normalized spacial score (nSPS) is 30.2. The van der Waals surface area contributed by atoms with Gasteiger partial charge in [0.1, 0.15) is 5.52 Å². The average molecular weight is 278 g/mol. The van der Waals surface area contributed by atoms with E-state index in [2.05, 4.69) is 16.5 Å². The first-order valence-corrected chi connectivity index (χ1v) is 6.25. The lowest BCUT2D eigenvalue weighted by Gasteiger charge is -2.17. The van der Waals surface area contributed by atoms with E-state index in [-0.39, 0.29) is 6.61 Å². The van der Waals surface area contributed by atoms with Crippen molar-refractivity contribution in [1.29, 1.82) is 0 Å². The van der Waals surface area contributed by atoms with E-state index in [0.717, 1.165) is 0 Å². The molecule has 2 aromatic heterocycles. The molecule has 0 saturated heterocycles. The maximum atomic E-state index is 14.3. The van der Waals surface area contributed by atoms with E-state index < -0.39 is 24.2 Å². The number of hydrogen-bond acceptors (Lipinski definition) is 5. The molecule has 0 spiro atoms. The number of nitrogens with two attached hydrogens (primary N) is 1. The van der Waals surface area contributed by atoms with Crippen LogP contribution in [-0.4, -0.2) is 43.6 Å². The van der Waals surface area contributed by atoms with Crippen molar-refractivity contribution in [3.63, 3.8) is 0 Å². The number of anilines is 1. The Kier molecular flexibility index (Phi) is 2.95. The molecule has 106 valence electrons. The number of pyridine rings is 1. The second-order valence-corrected chi connectivity index (χ2v) is 4.97. The summed E-state index contributed by atoms with van der Waals surface area (Å²) in [6.07, 6.45) is 0.0974. The van der Waals surface area contributed by atoms with Gasteiger partial charge < -0.3 is 20.5 Å². The zero-order chi connectivity index (χ0) is 14.4. The van der Waals surface area contributed by atoms with Crippen LogP contribution in [0.15, 0.2) is 30.7 Å². The first-order chi connectivity index (χ1) is 9.56. The van der Waals surface area contributed by atoms with E-state index in [1.165, 1.54) is 17.1 Å². The zero-order valence-corrected chi connectivity index (χ0v) is 10.6. The van der Waals surface area contributed by atoms with Crippen molar-refractivity contribution in [3.05, 3.63) is 30.7 Å². The maximum Gasteiger partial charge on any atom is 0.162 e. The predicted molar refractivity (Wildman–Crippen MR) is 71.6 cm³/mol. The number of halogens is 1. The Morgan fingerprint density at radius 1 is 1.45 bits per heavy atom. The first-order valence-electron chi connectivity index (χ1n) is 6.25. The van der Waals surface area contributed by atoms with Crippen LogP contribution >= 0.6 is 0 Å². The van der Waals surface area contributed by atoms with Crippen molar-refractivity contribution in [2.24, 2.45) is 5.92 Å². The molecule has 20 heavy (non-hydrogen) atoms. The molecule has 1 fully saturated rings. The van der Waals surface area contributed by atoms with Crippen molar-refractivity contribution >= 4 is 16.9 Å². The second kappa shape index (κ2) is 4.53. The largest absolute Gasteiger partial charge is 0.397 e. The van der Waals surface area contributed by atoms with Crippen LogP contribution in [0.1, 0.15) is 6.04 Å². The van der Waals surface area contributed by atoms with Gasteiger partial charge in [-0.2, -0.15) is 0 Å². The van der Waals surface area contributed by atoms with E-state index in [1.807, 2.05) is 0 Å². The summed E-state index contributed by atoms with van der Waals surface area (Å²) in [6, 6.07) is 0.808. The highest BCUT2D eigenvalue weighted by atomic mass is 19.1. The molecule has 2 aromatic rings. The Morgan fingerprint density at radius 3 is 2.85 bits per heavy atom. The fourth-order valence-electron chi connectivity index (χ4n) is 2.77. The zero-order valence-electron chi connectivity index (χ0n) is 10.6. The number of alkyl halides is 1. The molecule has 0 aliphatic heterocycles. The number of hydrogen-bond donors (Lipinski definition) is 3. The van der Waals surface area contributed by atoms with Gasteiger partial charge in [-0.25, -0.2) is 14.4 Å². The summed E-state index contributed by atoms with van der Waals surface area (Å²) >= 11 is 0. The van der Waals surface area contributed by atoms with Crippen molar-refractivity contribution in [1.82, 2.24) is 14.5 Å². The number of nitrogens with zero attached hydrogens (tertiary/aromatic N) is 3. The maximum absolute atomic E-state index is 14.3. The molecule has 1 aliphatic rings. The molecule has 0 unspecified atom stereocenters. The molecule has 0 amide bonds. The number of imidazole rings is 1. The van der Waals surface area contributed by atoms with Crippen LogP contribution in [0.25, 0.3) is 11.2 Å². The van der Waals surface area contributed by atoms with E-state index in [0.29, 0.717) is 22.4 Å². The average Bonchev–Trinajstić information content (AvgIpc) is 2.92. The van der Waals surface area contributed by atoms with Crippen molar-refractivity contribution < 1.29 is 14.6 Å². The van der Waals surface area contributed by atoms with Gasteiger partial charge in [-0.1, -0.05) is 6.58 Å². The third-order valence-corrected chi connectivity index (χ3v) is 3.88. The van der Waals surface area contributed by atoms with Crippen LogP contribution in [-0.2, 0) is 0 Å². The third-order valence-electron chi connectivity index (χ3n) is 3.88. The Balaban J connectivity index is 2.12. The van der Waals surface area contributed by atoms with Crippen LogP contribution in [0.4, 0.5) is 10.1 Å². The van der Waals surface area contributed by atoms with Gasteiger partial charge >= 0.3 is 0 Å². The lowest BCUT2D eigenvalue weighted by Crippen LogP contribution is -2.26. The van der Waals surface area contributed by atoms with Gasteiger partial charge in [0.05, 0.1) is 30.8 Å². The van der Waals surface area contributed by atoms with Crippen LogP contribution < -0.4 is 5.73 Å². The molecule has 1 saturated carbocycles. The minimum absolute atomic E-state index is 0.348. The van der Waals surface area contributed by atoms with Gasteiger partial charge in [-0.3, -0.25) is 0 Å². The Bertz CT molecular complexity index is 671. The molecular weight excluding hydrogens is 263 g/mol. The number of aliphatic hydroxyl groups is 2. The van der Waals surface area contributed by atoms with Crippen LogP contribution in [0.3, 0.4) is 0 Å². The highest BCUT2D eigenvalue weighted by molar-refractivity contribution is 5.83. The third kappa shape index (κ3) is 1.63. The fourth-order valence-corrected chi connectivity index (χ4v) is 2.77. The molecule has 4 N–H and O–H groups in total. The number of rotatable bonds is 2. The van der Waals surface area contributed by atoms with Crippen LogP contribution in [0.2, 0.25) is 0 Å². The van der Waals surface area contributed by atoms with Gasteiger partial charge in [0.2, 0.25) is 0 Å². The smallest absolute Gasteiger partial charge is 0.162 e. The highest BCUT2D eigenvalue weighted by Gasteiger charge is 2.47. The van der Waals surface area contributed by atoms with Crippen LogP contribution in [0, 0.1) is 5.92 Å². The summed E-state index contributed by atoms with van der Waals surface area (Å²) in [5.41, 5.74) is 7.59. The minimum atomic E-state index is -1.57. The molecule has 0 radical (unpaired) electrons. The van der Waals surface area contributed by atoms with Gasteiger partial charge in [-0.05, 0) is 11.6 Å². The van der Waals surface area contributed by atoms with E-state index in [4.69, 9.17) is 5.73 Å². The van der Waals surface area contributed by atoms with Gasteiger partial charge in [-0.15, -0.1) is 0 Å². The number of aliphatic hydroxyl groups excluding tert-OH is 2. The quantitative estimate of drug-likeness (QED) is 0.692. The highest BCUT2D eigenvalue weighted by Crippen LogP contribution is 2.42. The van der Waals surface area contributed by atoms with Crippen LogP contribution in [0.5, 0.6) is 0 Å². The van der Waals surface area contributed by atoms with E-state index in [1.54, 1.807) is 6.07 Å². The lowest BCUT2D eigenvalue weighted by atomic mass is 10.0. The monoisotopic (exact) mass is 278 g/mol. The van der Waals surface area contributed by atoms with Crippen molar-refractivity contribution in [3.8, 4) is 0 Å². The molecular formula is C13H15FN4O2. The molecule has 3 rings (SSSR count). The molecule has 7 heteroatoms. The summed E-state index contributed by atoms with van der Waals surface area (Å²) in [5, 5.41) is 19.1. The molecule has 0 aromatic carbocycles. The van der Waals surface area contributed by atoms with Crippen molar-refractivity contribution in [2.75, 3.05) is 12.3 Å². The topological polar surface area (TPSA) is 97.2 Å². The summed E-state index contributed by atoms with van der Waals surface area (Å²) in [5.74, 6) is -0.687. The van der Waals surface area contributed by atoms with Crippen molar-refractivity contribution in [2.45, 2.75) is 18.3 Å². The minimum Gasteiger partial charge on any atom is -0.397 e. The number of aromatic nitrogens is 3. The van der Waals surface area contributed by atoms with Gasteiger partial charge in [0, 0.05) is 12.1 Å². The Hall–Kier alpha value is -1.99. The summed E-state index contributed by atoms with van der Waals surface area (Å²) in [6.45, 7) is 3.46. The molecule has 0 bridgehead atoms. The van der Waals surface area contributed by atoms with Gasteiger partial charge in [0.15, 0.2) is 11.8 Å². The van der Waals surface area contributed by atoms with E-state index in [9.17, 15) is 14.6 Å². The Labute approximate surface area is 114 Å². The molecule has 1 aliphatic carbocycles. The second-order valence-electron chi connectivity index (χ2n) is 4.97. The predicted octanol–water partition coefficient (Wildman–Crippen LogP) is 0.432. The Morgan fingerprint density at radius 2 is 2.20 bits per heavy atom. The first kappa shape index (κ1) is 13.0. The summed E-state index contributed by atoms with van der Waals surface area (Å²) < 4.78 is 15.8. The van der Waals surface area contributed by atoms with Gasteiger partial charge in [0.25, 0.3) is 0 Å². The molecule has 6 nitrogen and oxygen atoms in total. The van der Waals surface area contributed by atoms with E-state index >= 15 is 0 Å². The molecule has 4 atom stereocenters. The number of fused-ring (bicyclic) bond motifs is 1. The summed E-state index contributed by atoms with van der Waals surface area (Å²) in [4.78, 5) is 8.29. The lowest BCUT2D eigenvalue weighted by molar-refractivity contribution is 0.0426. The SMILES string of the molecule is C=C1[C@@H](n2cnc3c(N)ccnc32)[C@@H](F)[C@H](O)[C@H]1CO. The standard InChI is InChI=1S/C13H15FN4O2/c1-6-7(4-19)12(20)9(14)11(6)18-5-17-10-8(15)2-3-16-13(10)18/h2-3,5,7,9,11-12,19-20H,1,4H2,(H2,15,16)/t7-,9+,11+,12+/m0/s1. The fraction of sp³-hybridized carbons (Fsp3) is 0.385. The summed E-state index contributed by atoms with van der Waals surface area (Å²) in [7, 11) is 0. The number of nitrogen functional groups attached to an aromatic ring is 1. The molecule has 2 heterocycles.